The third kappa shape index (κ3) is 5.88. The van der Waals surface area contributed by atoms with Crippen LogP contribution in [0, 0.1) is 17.1 Å². The molecular formula is C28H22FN3O4S. The van der Waals surface area contributed by atoms with Crippen LogP contribution in [0.3, 0.4) is 0 Å². The van der Waals surface area contributed by atoms with Crippen LogP contribution < -0.4 is 10.2 Å². The number of nitriles is 1. The van der Waals surface area contributed by atoms with Gasteiger partial charge in [-0.2, -0.15) is 5.26 Å². The van der Waals surface area contributed by atoms with Crippen molar-refractivity contribution in [3.05, 3.63) is 106 Å². The largest absolute Gasteiger partial charge is 0.462 e. The van der Waals surface area contributed by atoms with E-state index >= 15 is 0 Å². The number of carbonyl (C=O) groups excluding carboxylic acids is 3. The van der Waals surface area contributed by atoms with Gasteiger partial charge >= 0.3 is 5.97 Å². The molecule has 1 aliphatic rings. The second-order valence-electron chi connectivity index (χ2n) is 7.99. The molecule has 3 aromatic carbocycles. The predicted molar refractivity (Wildman–Crippen MR) is 139 cm³/mol. The molecule has 186 valence electrons. The van der Waals surface area contributed by atoms with Crippen LogP contribution in [0.5, 0.6) is 0 Å². The van der Waals surface area contributed by atoms with Crippen LogP contribution in [-0.4, -0.2) is 29.6 Å². The minimum atomic E-state index is -0.690. The molecule has 0 aromatic heterocycles. The first-order chi connectivity index (χ1) is 17.9. The third-order valence-electron chi connectivity index (χ3n) is 5.51. The highest BCUT2D eigenvalue weighted by molar-refractivity contribution is 8.05. The molecule has 1 heterocycles. The molecular weight excluding hydrogens is 493 g/mol. The van der Waals surface area contributed by atoms with Gasteiger partial charge in [0.2, 0.25) is 5.91 Å². The molecule has 0 saturated carbocycles. The highest BCUT2D eigenvalue weighted by Crippen LogP contribution is 2.42. The van der Waals surface area contributed by atoms with Crippen molar-refractivity contribution in [1.82, 2.24) is 0 Å². The van der Waals surface area contributed by atoms with E-state index in [0.29, 0.717) is 23.4 Å². The summed E-state index contributed by atoms with van der Waals surface area (Å²) in [7, 11) is 0. The fraction of sp³-hybridized carbons (Fsp3) is 0.143. The number of amides is 2. The molecule has 2 amide bonds. The molecule has 1 atom stereocenters. The van der Waals surface area contributed by atoms with Gasteiger partial charge in [0.25, 0.3) is 5.91 Å². The van der Waals surface area contributed by atoms with Crippen molar-refractivity contribution < 1.29 is 23.5 Å². The molecule has 3 aromatic rings. The van der Waals surface area contributed by atoms with Crippen LogP contribution in [0.25, 0.3) is 0 Å². The van der Waals surface area contributed by atoms with E-state index in [1.54, 1.807) is 49.4 Å². The quantitative estimate of drug-likeness (QED) is 0.268. The van der Waals surface area contributed by atoms with Crippen molar-refractivity contribution in [3.63, 3.8) is 0 Å². The predicted octanol–water partition coefficient (Wildman–Crippen LogP) is 5.07. The maximum atomic E-state index is 13.5. The lowest BCUT2D eigenvalue weighted by molar-refractivity contribution is -0.117. The van der Waals surface area contributed by atoms with Crippen molar-refractivity contribution in [2.45, 2.75) is 18.6 Å². The van der Waals surface area contributed by atoms with E-state index in [1.165, 1.54) is 41.3 Å². The lowest BCUT2D eigenvalue weighted by atomic mass is 10.1. The Morgan fingerprint density at radius 2 is 1.73 bits per heavy atom. The Bertz CT molecular complexity index is 1380. The molecule has 7 nitrogen and oxygen atoms in total. The first kappa shape index (κ1) is 25.7. The van der Waals surface area contributed by atoms with Gasteiger partial charge in [0.1, 0.15) is 22.5 Å². The Morgan fingerprint density at radius 3 is 2.35 bits per heavy atom. The van der Waals surface area contributed by atoms with Gasteiger partial charge in [-0.1, -0.05) is 42.1 Å². The Kier molecular flexibility index (Phi) is 8.01. The number of nitrogens with zero attached hydrogens (tertiary/aromatic N) is 2. The van der Waals surface area contributed by atoms with Crippen LogP contribution in [0.1, 0.15) is 22.8 Å². The highest BCUT2D eigenvalue weighted by atomic mass is 32.2. The van der Waals surface area contributed by atoms with E-state index in [4.69, 9.17) is 4.74 Å². The minimum Gasteiger partial charge on any atom is -0.462 e. The number of rotatable bonds is 7. The number of ether oxygens (including phenoxy) is 1. The van der Waals surface area contributed by atoms with E-state index in [-0.39, 0.29) is 28.9 Å². The fourth-order valence-electron chi connectivity index (χ4n) is 3.73. The van der Waals surface area contributed by atoms with Crippen LogP contribution in [0.4, 0.5) is 15.8 Å². The number of benzene rings is 3. The number of esters is 1. The summed E-state index contributed by atoms with van der Waals surface area (Å²) in [5.41, 5.74) is 1.75. The molecule has 37 heavy (non-hydrogen) atoms. The highest BCUT2D eigenvalue weighted by Gasteiger charge is 2.40. The Hall–Kier alpha value is -4.42. The summed E-state index contributed by atoms with van der Waals surface area (Å²) < 4.78 is 18.3. The molecule has 0 aliphatic carbocycles. The zero-order valence-corrected chi connectivity index (χ0v) is 20.6. The monoisotopic (exact) mass is 515 g/mol. The number of hydrogen-bond acceptors (Lipinski definition) is 6. The number of hydrogen-bond donors (Lipinski definition) is 1. The van der Waals surface area contributed by atoms with Gasteiger partial charge < -0.3 is 10.1 Å². The Balaban J connectivity index is 1.63. The molecule has 1 N–H and O–H groups in total. The molecule has 1 saturated heterocycles. The van der Waals surface area contributed by atoms with Crippen LogP contribution >= 0.6 is 11.8 Å². The zero-order valence-electron chi connectivity index (χ0n) is 19.8. The minimum absolute atomic E-state index is 0.214. The Morgan fingerprint density at radius 1 is 1.05 bits per heavy atom. The lowest BCUT2D eigenvalue weighted by Crippen LogP contribution is -2.30. The molecule has 1 aliphatic heterocycles. The van der Waals surface area contributed by atoms with E-state index < -0.39 is 17.1 Å². The third-order valence-corrected chi connectivity index (χ3v) is 6.77. The molecule has 0 bridgehead atoms. The molecule has 4 rings (SSSR count). The summed E-state index contributed by atoms with van der Waals surface area (Å²) in [6.07, 6.45) is 0.298. The van der Waals surface area contributed by atoms with Crippen LogP contribution in [0.2, 0.25) is 0 Å². The van der Waals surface area contributed by atoms with Crippen LogP contribution in [-0.2, 0) is 20.7 Å². The number of para-hydroxylation sites is 1. The molecule has 0 unspecified atom stereocenters. The summed E-state index contributed by atoms with van der Waals surface area (Å²) in [4.78, 5) is 39.9. The number of nitrogens with one attached hydrogen (secondary N) is 1. The summed E-state index contributed by atoms with van der Waals surface area (Å²) in [5.74, 6) is -1.83. The van der Waals surface area contributed by atoms with Gasteiger partial charge in [-0.3, -0.25) is 14.5 Å². The van der Waals surface area contributed by atoms with Crippen molar-refractivity contribution in [3.8, 4) is 6.07 Å². The van der Waals surface area contributed by atoms with Crippen molar-refractivity contribution in [2.24, 2.45) is 0 Å². The molecule has 0 spiro atoms. The number of thioether (sulfide) groups is 1. The summed E-state index contributed by atoms with van der Waals surface area (Å²) in [5, 5.41) is 12.2. The molecule has 1 fully saturated rings. The first-order valence-electron chi connectivity index (χ1n) is 11.4. The number of carbonyl (C=O) groups is 3. The van der Waals surface area contributed by atoms with Crippen molar-refractivity contribution >= 4 is 40.9 Å². The topological polar surface area (TPSA) is 99.5 Å². The van der Waals surface area contributed by atoms with Crippen LogP contribution in [0.15, 0.2) is 89.5 Å². The maximum absolute atomic E-state index is 13.5. The van der Waals surface area contributed by atoms with Gasteiger partial charge in [0.15, 0.2) is 0 Å². The normalized spacial score (nSPS) is 16.2. The fourth-order valence-corrected chi connectivity index (χ4v) is 5.04. The second-order valence-corrected chi connectivity index (χ2v) is 9.18. The van der Waals surface area contributed by atoms with Gasteiger partial charge in [0.05, 0.1) is 17.4 Å². The van der Waals surface area contributed by atoms with Crippen molar-refractivity contribution in [1.29, 1.82) is 5.26 Å². The lowest BCUT2D eigenvalue weighted by Gasteiger charge is -2.18. The van der Waals surface area contributed by atoms with E-state index in [2.05, 4.69) is 5.32 Å². The SMILES string of the molecule is CCOC(=O)c1ccc(NC(=O)/C(C#N)=C2\S[C@@H](Cc3ccc(F)cc3)C(=O)N2c2ccccc2)cc1. The van der Waals surface area contributed by atoms with E-state index in [0.717, 1.165) is 17.3 Å². The van der Waals surface area contributed by atoms with Gasteiger partial charge in [-0.15, -0.1) is 0 Å². The zero-order chi connectivity index (χ0) is 26.4. The standard InChI is InChI=1S/C28H22FN3O4S/c1-2-36-28(35)19-10-14-21(15-11-19)31-25(33)23(17-30)27-32(22-6-4-3-5-7-22)26(34)24(37-27)16-18-8-12-20(29)13-9-18/h3-15,24H,2,16H2,1H3,(H,31,33)/b27-23-/t24-/m0/s1. The molecule has 9 heteroatoms. The van der Waals surface area contributed by atoms with Crippen molar-refractivity contribution in [2.75, 3.05) is 16.8 Å². The first-order valence-corrected chi connectivity index (χ1v) is 12.3. The van der Waals surface area contributed by atoms with E-state index in [9.17, 15) is 24.0 Å². The average Bonchev–Trinajstić information content (AvgIpc) is 3.22. The number of anilines is 2. The summed E-state index contributed by atoms with van der Waals surface area (Å²) >= 11 is 1.12. The second kappa shape index (κ2) is 11.5. The van der Waals surface area contributed by atoms with Gasteiger partial charge in [0, 0.05) is 11.4 Å². The summed E-state index contributed by atoms with van der Waals surface area (Å²) in [6.45, 7) is 1.95. The maximum Gasteiger partial charge on any atom is 0.338 e. The van der Waals surface area contributed by atoms with Gasteiger partial charge in [-0.25, -0.2) is 9.18 Å². The summed E-state index contributed by atoms with van der Waals surface area (Å²) in [6, 6.07) is 22.7. The average molecular weight is 516 g/mol. The van der Waals surface area contributed by atoms with Gasteiger partial charge in [-0.05, 0) is 67.4 Å². The Labute approximate surface area is 217 Å². The smallest absolute Gasteiger partial charge is 0.338 e. The van der Waals surface area contributed by atoms with E-state index in [1.807, 2.05) is 6.07 Å². The number of halogens is 1. The molecule has 0 radical (unpaired) electrons.